The van der Waals surface area contributed by atoms with E-state index < -0.39 is 33.4 Å². The molecule has 0 aromatic rings. The second kappa shape index (κ2) is 15.2. The van der Waals surface area contributed by atoms with E-state index in [0.29, 0.717) is 0 Å². The molecule has 13 heteroatoms. The lowest BCUT2D eigenvalue weighted by molar-refractivity contribution is 0.0151. The number of nitrogens with zero attached hydrogens (tertiary/aromatic N) is 4. The maximum Gasteiger partial charge on any atom is 0.979 e. The van der Waals surface area contributed by atoms with Gasteiger partial charge in [0.1, 0.15) is 0 Å². The van der Waals surface area contributed by atoms with Crippen molar-refractivity contribution in [3.05, 3.63) is 0 Å². The summed E-state index contributed by atoms with van der Waals surface area (Å²) < 4.78 is 21.7. The van der Waals surface area contributed by atoms with Crippen molar-refractivity contribution in [2.45, 2.75) is 55.4 Å². The summed E-state index contributed by atoms with van der Waals surface area (Å²) in [6.07, 6.45) is -3.73. The summed E-state index contributed by atoms with van der Waals surface area (Å²) in [6.45, 7) is 16.0. The van der Waals surface area contributed by atoms with Crippen LogP contribution in [0.2, 0.25) is 0 Å². The Hall–Kier alpha value is -2.70. The van der Waals surface area contributed by atoms with Crippen LogP contribution in [0.15, 0.2) is 0 Å². The van der Waals surface area contributed by atoms with Crippen LogP contribution in [0.3, 0.4) is 0 Å². The smallest absolute Gasteiger partial charge is 0.405 e. The highest BCUT2D eigenvalue weighted by Crippen LogP contribution is 2.19. The van der Waals surface area contributed by atoms with Crippen LogP contribution in [0.5, 0.6) is 0 Å². The number of amides is 4. The molecule has 0 aliphatic rings. The number of hydrogen-bond donors (Lipinski definition) is 0. The van der Waals surface area contributed by atoms with Gasteiger partial charge in [-0.25, -0.2) is 19.2 Å². The molecule has 4 amide bonds. The van der Waals surface area contributed by atoms with Gasteiger partial charge in [-0.2, -0.15) is 0 Å². The van der Waals surface area contributed by atoms with Crippen LogP contribution < -0.4 is 0 Å². The summed E-state index contributed by atoms with van der Waals surface area (Å²) in [5, 5.41) is 0. The van der Waals surface area contributed by atoms with Gasteiger partial charge < -0.3 is 37.3 Å². The molecule has 0 aliphatic carbocycles. The summed E-state index contributed by atoms with van der Waals surface area (Å²) in [6, 6.07) is 0. The van der Waals surface area contributed by atoms with E-state index in [2.05, 4.69) is 0 Å². The van der Waals surface area contributed by atoms with Crippen molar-refractivity contribution in [2.75, 3.05) is 52.4 Å². The van der Waals surface area contributed by atoms with Gasteiger partial charge in [0.05, 0.1) is 0 Å². The van der Waals surface area contributed by atoms with E-state index in [1.807, 2.05) is 0 Å². The number of rotatable bonds is 12. The van der Waals surface area contributed by atoms with Crippen molar-refractivity contribution >= 4 is 33.4 Å². The Morgan fingerprint density at radius 3 is 0.697 bits per heavy atom. The van der Waals surface area contributed by atoms with Gasteiger partial charge >= 0.3 is 33.4 Å². The quantitative estimate of drug-likeness (QED) is 0.381. The molecule has 0 rings (SSSR count). The van der Waals surface area contributed by atoms with E-state index in [1.54, 1.807) is 55.4 Å². The molecule has 0 saturated carbocycles. The first kappa shape index (κ1) is 30.3. The first-order valence-corrected chi connectivity index (χ1v) is 13.2. The van der Waals surface area contributed by atoms with Gasteiger partial charge in [0.15, 0.2) is 0 Å². The van der Waals surface area contributed by atoms with Crippen molar-refractivity contribution in [3.8, 4) is 0 Å². The van der Waals surface area contributed by atoms with Gasteiger partial charge in [-0.05, 0) is 55.4 Å². The predicted molar refractivity (Wildman–Crippen MR) is 123 cm³/mol. The average molecular weight is 493 g/mol. The normalized spacial score (nSPS) is 10.7. The second-order valence-corrected chi connectivity index (χ2v) is 8.48. The molecule has 0 aromatic carbocycles. The van der Waals surface area contributed by atoms with Crippen LogP contribution in [0, 0.1) is 0 Å². The van der Waals surface area contributed by atoms with Crippen LogP contribution in [0.1, 0.15) is 55.4 Å². The van der Waals surface area contributed by atoms with Crippen molar-refractivity contribution in [3.63, 3.8) is 0 Å². The molecule has 0 atom stereocenters. The maximum atomic E-state index is 12.8. The highest BCUT2D eigenvalue weighted by atomic mass is 28.4. The van der Waals surface area contributed by atoms with Crippen molar-refractivity contribution in [1.82, 2.24) is 19.6 Å². The van der Waals surface area contributed by atoms with Gasteiger partial charge in [0, 0.05) is 52.4 Å². The molecule has 12 nitrogen and oxygen atoms in total. The molecule has 0 bridgehead atoms. The molecular formula is C20H40N4O8Si. The second-order valence-electron chi connectivity index (χ2n) is 6.66. The summed E-state index contributed by atoms with van der Waals surface area (Å²) >= 11 is 0. The van der Waals surface area contributed by atoms with E-state index in [1.165, 1.54) is 19.6 Å². The molecule has 192 valence electrons. The number of carbonyl (C=O) groups excluding carboxylic acids is 4. The summed E-state index contributed by atoms with van der Waals surface area (Å²) in [7, 11) is -4.99. The Morgan fingerprint density at radius 1 is 0.424 bits per heavy atom. The lowest BCUT2D eigenvalue weighted by atomic mass is 10.6. The molecule has 0 aromatic heterocycles. The Kier molecular flexibility index (Phi) is 13.9. The monoisotopic (exact) mass is 492 g/mol. The van der Waals surface area contributed by atoms with Crippen LogP contribution in [0.4, 0.5) is 19.2 Å². The minimum atomic E-state index is -4.99. The largest absolute Gasteiger partial charge is 0.979 e. The molecule has 0 aliphatic heterocycles. The third-order valence-electron chi connectivity index (χ3n) is 4.94. The standard InChI is InChI=1S/C20H40N4O8Si/c1-9-21(10-2)17(25)29-33(30-18(26)22(11-3)12-4,31-19(27)23(13-5)14-6)32-20(28)24(15-7)16-8/h9-16H2,1-8H3. The fourth-order valence-electron chi connectivity index (χ4n) is 2.74. The van der Waals surface area contributed by atoms with Crippen LogP contribution in [-0.2, 0) is 17.7 Å². The molecular weight excluding hydrogens is 452 g/mol. The lowest BCUT2D eigenvalue weighted by Crippen LogP contribution is -2.60. The van der Waals surface area contributed by atoms with E-state index in [0.717, 1.165) is 0 Å². The molecule has 0 N–H and O–H groups in total. The lowest BCUT2D eigenvalue weighted by Gasteiger charge is -2.32. The Labute approximate surface area is 198 Å². The van der Waals surface area contributed by atoms with Gasteiger partial charge in [0.2, 0.25) is 0 Å². The molecule has 0 spiro atoms. The van der Waals surface area contributed by atoms with E-state index in [4.69, 9.17) is 17.7 Å². The molecule has 0 radical (unpaired) electrons. The Bertz CT molecular complexity index is 526. The zero-order valence-electron chi connectivity index (χ0n) is 21.2. The summed E-state index contributed by atoms with van der Waals surface area (Å²) in [5.41, 5.74) is 0. The molecule has 0 heterocycles. The SMILES string of the molecule is CCN(CC)C(=O)O[Si](OC(=O)N(CC)CC)(OC(=O)N(CC)CC)OC(=O)N(CC)CC. The first-order chi connectivity index (χ1) is 15.6. The topological polar surface area (TPSA) is 118 Å². The van der Waals surface area contributed by atoms with Gasteiger partial charge in [-0.1, -0.05) is 0 Å². The van der Waals surface area contributed by atoms with Gasteiger partial charge in [-0.15, -0.1) is 0 Å². The Morgan fingerprint density at radius 2 is 0.576 bits per heavy atom. The van der Waals surface area contributed by atoms with Crippen molar-refractivity contribution < 1.29 is 36.9 Å². The molecule has 0 saturated heterocycles. The van der Waals surface area contributed by atoms with E-state index in [9.17, 15) is 19.2 Å². The third-order valence-corrected chi connectivity index (χ3v) is 6.63. The van der Waals surface area contributed by atoms with E-state index >= 15 is 0 Å². The van der Waals surface area contributed by atoms with E-state index in [-0.39, 0.29) is 52.4 Å². The fourth-order valence-corrected chi connectivity index (χ4v) is 4.36. The van der Waals surface area contributed by atoms with Gasteiger partial charge in [-0.3, -0.25) is 0 Å². The zero-order chi connectivity index (χ0) is 25.6. The Balaban J connectivity index is 6.44. The summed E-state index contributed by atoms with van der Waals surface area (Å²) in [4.78, 5) is 56.4. The average Bonchev–Trinajstić information content (AvgIpc) is 2.76. The van der Waals surface area contributed by atoms with Crippen LogP contribution in [-0.4, -0.2) is 105 Å². The predicted octanol–water partition coefficient (Wildman–Crippen LogP) is 3.34. The highest BCUT2D eigenvalue weighted by Gasteiger charge is 2.65. The van der Waals surface area contributed by atoms with Crippen molar-refractivity contribution in [1.29, 1.82) is 0 Å². The van der Waals surface area contributed by atoms with Gasteiger partial charge in [0.25, 0.3) is 0 Å². The molecule has 0 fully saturated rings. The van der Waals surface area contributed by atoms with Crippen LogP contribution >= 0.6 is 0 Å². The third kappa shape index (κ3) is 8.98. The summed E-state index contributed by atoms with van der Waals surface area (Å²) in [5.74, 6) is 0. The molecule has 0 unspecified atom stereocenters. The maximum absolute atomic E-state index is 12.8. The van der Waals surface area contributed by atoms with Crippen molar-refractivity contribution in [2.24, 2.45) is 0 Å². The minimum Gasteiger partial charge on any atom is -0.405 e. The zero-order valence-corrected chi connectivity index (χ0v) is 22.2. The highest BCUT2D eigenvalue weighted by molar-refractivity contribution is 6.60. The minimum absolute atomic E-state index is 0.276. The van der Waals surface area contributed by atoms with Crippen LogP contribution in [0.25, 0.3) is 0 Å². The first-order valence-electron chi connectivity index (χ1n) is 11.5. The molecule has 33 heavy (non-hydrogen) atoms. The number of carbonyl (C=O) groups is 4. The fraction of sp³-hybridized carbons (Fsp3) is 0.800. The number of hydrogen-bond acceptors (Lipinski definition) is 8.